The number of para-hydroxylation sites is 1. The number of rotatable bonds is 6. The molecule has 2 amide bonds. The molecule has 42 heavy (non-hydrogen) atoms. The highest BCUT2D eigenvalue weighted by molar-refractivity contribution is 6.06. The quantitative estimate of drug-likeness (QED) is 0.362. The van der Waals surface area contributed by atoms with Crippen molar-refractivity contribution in [2.24, 2.45) is 13.0 Å². The molecule has 2 aliphatic rings. The van der Waals surface area contributed by atoms with Crippen LogP contribution in [0.4, 0.5) is 10.5 Å². The molecule has 222 valence electrons. The highest BCUT2D eigenvalue weighted by Crippen LogP contribution is 2.32. The summed E-state index contributed by atoms with van der Waals surface area (Å²) in [5.41, 5.74) is 6.47. The largest absolute Gasteiger partial charge is 0.444 e. The summed E-state index contributed by atoms with van der Waals surface area (Å²) in [6, 6.07) is 13.9. The minimum atomic E-state index is -0.504. The molecule has 2 aliphatic heterocycles. The number of Topliss-reactive ketones (excluding diaryl/α,β-unsaturated/α-hetero) is 1. The lowest BCUT2D eigenvalue weighted by Crippen LogP contribution is -2.42. The van der Waals surface area contributed by atoms with E-state index in [1.807, 2.05) is 86.9 Å². The molecule has 1 saturated heterocycles. The van der Waals surface area contributed by atoms with Gasteiger partial charge in [-0.1, -0.05) is 24.3 Å². The first-order valence-corrected chi connectivity index (χ1v) is 15.0. The highest BCUT2D eigenvalue weighted by atomic mass is 16.6. The van der Waals surface area contributed by atoms with E-state index in [2.05, 4.69) is 11.2 Å². The Kier molecular flexibility index (Phi) is 8.53. The summed E-state index contributed by atoms with van der Waals surface area (Å²) in [6.45, 7) is 9.36. The van der Waals surface area contributed by atoms with Crippen LogP contribution in [0.25, 0.3) is 0 Å². The standard InChI is InChI=1S/C34H42N4O4/c1-23-18-27(32(40)38-22-28-21-35-36(5)31(28)20-26-8-6-7-9-30(26)38)11-10-25(23)12-13-29(39)19-24-14-16-37(17-15-24)33(41)42-34(2,3)4/h6-11,18,21,24H,12-17,19-20,22H2,1-5H3. The molecule has 2 aromatic carbocycles. The highest BCUT2D eigenvalue weighted by Gasteiger charge is 2.29. The molecular formula is C34H42N4O4. The van der Waals surface area contributed by atoms with Crippen LogP contribution in [0.5, 0.6) is 0 Å². The monoisotopic (exact) mass is 570 g/mol. The average molecular weight is 571 g/mol. The van der Waals surface area contributed by atoms with Gasteiger partial charge in [0.1, 0.15) is 11.4 Å². The molecule has 0 atom stereocenters. The lowest BCUT2D eigenvalue weighted by Gasteiger charge is -2.33. The van der Waals surface area contributed by atoms with Crippen molar-refractivity contribution in [3.8, 4) is 0 Å². The molecule has 0 aliphatic carbocycles. The number of ether oxygens (including phenoxy) is 1. The number of aryl methyl sites for hydroxylation is 3. The molecule has 0 unspecified atom stereocenters. The van der Waals surface area contributed by atoms with Gasteiger partial charge < -0.3 is 14.5 Å². The number of benzene rings is 2. The van der Waals surface area contributed by atoms with Gasteiger partial charge in [-0.25, -0.2) is 4.79 Å². The fourth-order valence-corrected chi connectivity index (χ4v) is 6.02. The minimum absolute atomic E-state index is 0.0393. The van der Waals surface area contributed by atoms with Crippen LogP contribution in [0, 0.1) is 12.8 Å². The lowest BCUT2D eigenvalue weighted by atomic mass is 9.90. The van der Waals surface area contributed by atoms with Gasteiger partial charge in [0.05, 0.1) is 12.7 Å². The Morgan fingerprint density at radius 1 is 1.02 bits per heavy atom. The Morgan fingerprint density at radius 2 is 1.76 bits per heavy atom. The minimum Gasteiger partial charge on any atom is -0.444 e. The molecular weight excluding hydrogens is 528 g/mol. The molecule has 0 N–H and O–H groups in total. The molecule has 0 bridgehead atoms. The number of hydrogen-bond acceptors (Lipinski definition) is 5. The van der Waals surface area contributed by atoms with Crippen molar-refractivity contribution in [2.45, 2.75) is 78.4 Å². The predicted molar refractivity (Wildman–Crippen MR) is 163 cm³/mol. The van der Waals surface area contributed by atoms with E-state index in [0.29, 0.717) is 50.4 Å². The lowest BCUT2D eigenvalue weighted by molar-refractivity contribution is -0.120. The van der Waals surface area contributed by atoms with E-state index in [9.17, 15) is 14.4 Å². The zero-order chi connectivity index (χ0) is 30.0. The fourth-order valence-electron chi connectivity index (χ4n) is 6.02. The Bertz CT molecular complexity index is 1480. The van der Waals surface area contributed by atoms with E-state index in [4.69, 9.17) is 4.74 Å². The summed E-state index contributed by atoms with van der Waals surface area (Å²) >= 11 is 0. The molecule has 8 heteroatoms. The first-order valence-electron chi connectivity index (χ1n) is 15.0. The van der Waals surface area contributed by atoms with Crippen molar-refractivity contribution < 1.29 is 19.1 Å². The van der Waals surface area contributed by atoms with E-state index >= 15 is 0 Å². The first-order chi connectivity index (χ1) is 20.0. The van der Waals surface area contributed by atoms with Gasteiger partial charge in [0.15, 0.2) is 0 Å². The van der Waals surface area contributed by atoms with Gasteiger partial charge in [-0.05, 0) is 87.8 Å². The number of hydrogen-bond donors (Lipinski definition) is 0. The fraction of sp³-hybridized carbons (Fsp3) is 0.471. The maximum Gasteiger partial charge on any atom is 0.410 e. The number of aromatic nitrogens is 2. The van der Waals surface area contributed by atoms with Gasteiger partial charge in [0.25, 0.3) is 5.91 Å². The third kappa shape index (κ3) is 6.75. The molecule has 5 rings (SSSR count). The van der Waals surface area contributed by atoms with Crippen molar-refractivity contribution in [3.05, 3.63) is 82.2 Å². The number of carbonyl (C=O) groups is 3. The van der Waals surface area contributed by atoms with Crippen LogP contribution < -0.4 is 4.90 Å². The summed E-state index contributed by atoms with van der Waals surface area (Å²) < 4.78 is 7.37. The van der Waals surface area contributed by atoms with Crippen LogP contribution in [0.2, 0.25) is 0 Å². The van der Waals surface area contributed by atoms with Crippen molar-refractivity contribution in [2.75, 3.05) is 18.0 Å². The second-order valence-corrected chi connectivity index (χ2v) is 12.7. The maximum atomic E-state index is 13.8. The van der Waals surface area contributed by atoms with Crippen LogP contribution >= 0.6 is 0 Å². The van der Waals surface area contributed by atoms with Crippen molar-refractivity contribution in [1.29, 1.82) is 0 Å². The number of piperidine rings is 1. The van der Waals surface area contributed by atoms with Crippen LogP contribution in [0.3, 0.4) is 0 Å². The van der Waals surface area contributed by atoms with Crippen LogP contribution in [-0.4, -0.2) is 51.2 Å². The summed E-state index contributed by atoms with van der Waals surface area (Å²) in [4.78, 5) is 42.6. The second-order valence-electron chi connectivity index (χ2n) is 12.7. The second kappa shape index (κ2) is 12.1. The first kappa shape index (κ1) is 29.5. The van der Waals surface area contributed by atoms with Gasteiger partial charge in [-0.3, -0.25) is 14.3 Å². The maximum absolute atomic E-state index is 13.8. The summed E-state index contributed by atoms with van der Waals surface area (Å²) in [5.74, 6) is 0.510. The zero-order valence-corrected chi connectivity index (χ0v) is 25.5. The summed E-state index contributed by atoms with van der Waals surface area (Å²) in [5, 5.41) is 4.43. The van der Waals surface area contributed by atoms with Gasteiger partial charge in [0, 0.05) is 61.9 Å². The third-order valence-corrected chi connectivity index (χ3v) is 8.41. The number of carbonyl (C=O) groups excluding carboxylic acids is 3. The van der Waals surface area contributed by atoms with Gasteiger partial charge in [-0.15, -0.1) is 0 Å². The normalized spacial score (nSPS) is 15.5. The molecule has 0 radical (unpaired) electrons. The molecule has 0 saturated carbocycles. The number of fused-ring (bicyclic) bond motifs is 2. The Balaban J connectivity index is 1.17. The topological polar surface area (TPSA) is 84.7 Å². The zero-order valence-electron chi connectivity index (χ0n) is 25.5. The van der Waals surface area contributed by atoms with E-state index in [1.165, 1.54) is 0 Å². The SMILES string of the molecule is Cc1cc(C(=O)N2Cc3cnn(C)c3Cc3ccccc32)ccc1CCC(=O)CC1CCN(C(=O)OC(C)(C)C)CC1. The Labute approximate surface area is 248 Å². The molecule has 1 aromatic heterocycles. The van der Waals surface area contributed by atoms with E-state index < -0.39 is 5.60 Å². The number of anilines is 1. The van der Waals surface area contributed by atoms with Crippen molar-refractivity contribution >= 4 is 23.5 Å². The Morgan fingerprint density at radius 3 is 2.48 bits per heavy atom. The van der Waals surface area contributed by atoms with Crippen LogP contribution in [0.15, 0.2) is 48.7 Å². The van der Waals surface area contributed by atoms with Crippen molar-refractivity contribution in [1.82, 2.24) is 14.7 Å². The van der Waals surface area contributed by atoms with Gasteiger partial charge >= 0.3 is 6.09 Å². The summed E-state index contributed by atoms with van der Waals surface area (Å²) in [7, 11) is 1.95. The predicted octanol–water partition coefficient (Wildman–Crippen LogP) is 6.02. The van der Waals surface area contributed by atoms with Crippen LogP contribution in [0.1, 0.15) is 84.8 Å². The van der Waals surface area contributed by atoms with Gasteiger partial charge in [0.2, 0.25) is 0 Å². The van der Waals surface area contributed by atoms with E-state index in [0.717, 1.165) is 52.9 Å². The van der Waals surface area contributed by atoms with E-state index in [1.54, 1.807) is 4.90 Å². The number of amides is 2. The average Bonchev–Trinajstić information content (AvgIpc) is 3.19. The molecule has 1 fully saturated rings. The smallest absolute Gasteiger partial charge is 0.410 e. The number of likely N-dealkylation sites (tertiary alicyclic amines) is 1. The number of ketones is 1. The molecule has 3 aromatic rings. The molecule has 3 heterocycles. The van der Waals surface area contributed by atoms with Crippen LogP contribution in [-0.2, 0) is 36.0 Å². The summed E-state index contributed by atoms with van der Waals surface area (Å²) in [6.07, 6.45) is 5.64. The number of nitrogens with zero attached hydrogens (tertiary/aromatic N) is 4. The van der Waals surface area contributed by atoms with Gasteiger partial charge in [-0.2, -0.15) is 5.10 Å². The Hall–Kier alpha value is -3.94. The molecule has 8 nitrogen and oxygen atoms in total. The van der Waals surface area contributed by atoms with E-state index in [-0.39, 0.29) is 17.8 Å². The van der Waals surface area contributed by atoms with Crippen molar-refractivity contribution in [3.63, 3.8) is 0 Å². The third-order valence-electron chi connectivity index (χ3n) is 8.41. The molecule has 0 spiro atoms.